The number of ketones is 1. The number of hydrogen-bond acceptors (Lipinski definition) is 1. The van der Waals surface area contributed by atoms with Gasteiger partial charge in [0, 0.05) is 6.92 Å². The summed E-state index contributed by atoms with van der Waals surface area (Å²) in [6.45, 7) is 1.61. The van der Waals surface area contributed by atoms with E-state index >= 15 is 0 Å². The zero-order valence-corrected chi connectivity index (χ0v) is 10.6. The van der Waals surface area contributed by atoms with Crippen LogP contribution in [0.15, 0.2) is 60.7 Å². The van der Waals surface area contributed by atoms with Crippen LogP contribution < -0.4 is 10.6 Å². The van der Waals surface area contributed by atoms with Crippen LogP contribution in [-0.2, 0) is 4.79 Å². The first-order chi connectivity index (χ1) is 8.27. The topological polar surface area (TPSA) is 17.1 Å². The fourth-order valence-electron chi connectivity index (χ4n) is 1.66. The molecule has 84 valence electrons. The quantitative estimate of drug-likeness (QED) is 0.755. The SMILES string of the molecule is CC(=O)C=[P+](c1ccccc1)c1ccccc1. The lowest BCUT2D eigenvalue weighted by Crippen LogP contribution is -2.09. The second kappa shape index (κ2) is 5.56. The van der Waals surface area contributed by atoms with Crippen molar-refractivity contribution >= 4 is 29.7 Å². The normalized spacial score (nSPS) is 9.71. The first kappa shape index (κ1) is 11.8. The van der Waals surface area contributed by atoms with Gasteiger partial charge in [-0.15, -0.1) is 0 Å². The molecule has 1 nitrogen and oxygen atoms in total. The fourth-order valence-corrected chi connectivity index (χ4v) is 3.60. The van der Waals surface area contributed by atoms with E-state index in [1.807, 2.05) is 42.2 Å². The molecule has 0 radical (unpaired) electrons. The van der Waals surface area contributed by atoms with Gasteiger partial charge in [-0.05, 0) is 24.3 Å². The summed E-state index contributed by atoms with van der Waals surface area (Å²) in [4.78, 5) is 11.4. The van der Waals surface area contributed by atoms with Gasteiger partial charge in [-0.3, -0.25) is 4.79 Å². The van der Waals surface area contributed by atoms with E-state index in [-0.39, 0.29) is 5.78 Å². The Balaban J connectivity index is 2.51. The fraction of sp³-hybridized carbons (Fsp3) is 0.0667. The third-order valence-electron chi connectivity index (χ3n) is 2.38. The molecule has 0 aliphatic heterocycles. The molecular formula is C15H14OP+. The molecule has 0 fully saturated rings. The third kappa shape index (κ3) is 3.12. The maximum Gasteiger partial charge on any atom is 0.194 e. The zero-order chi connectivity index (χ0) is 12.1. The average molecular weight is 241 g/mol. The van der Waals surface area contributed by atoms with Crippen LogP contribution in [0, 0.1) is 0 Å². The molecule has 2 heteroatoms. The number of carbonyl (C=O) groups is 1. The molecule has 0 unspecified atom stereocenters. The summed E-state index contributed by atoms with van der Waals surface area (Å²) in [7, 11) is -0.665. The Hall–Kier alpha value is -1.72. The van der Waals surface area contributed by atoms with Crippen molar-refractivity contribution in [2.24, 2.45) is 0 Å². The van der Waals surface area contributed by atoms with Crippen molar-refractivity contribution in [2.45, 2.75) is 6.92 Å². The maximum absolute atomic E-state index is 11.4. The molecule has 0 N–H and O–H groups in total. The van der Waals surface area contributed by atoms with Crippen molar-refractivity contribution in [2.75, 3.05) is 0 Å². The van der Waals surface area contributed by atoms with Crippen molar-refractivity contribution in [3.05, 3.63) is 60.7 Å². The van der Waals surface area contributed by atoms with E-state index in [0.717, 1.165) is 0 Å². The second-order valence-corrected chi connectivity index (χ2v) is 5.81. The summed E-state index contributed by atoms with van der Waals surface area (Å²) in [5.74, 6) is 1.96. The molecule has 0 bridgehead atoms. The summed E-state index contributed by atoms with van der Waals surface area (Å²) in [6.07, 6.45) is 0. The van der Waals surface area contributed by atoms with Gasteiger partial charge in [0.1, 0.15) is 0 Å². The van der Waals surface area contributed by atoms with Crippen LogP contribution in [0.25, 0.3) is 0 Å². The van der Waals surface area contributed by atoms with E-state index in [2.05, 4.69) is 24.3 Å². The predicted molar refractivity (Wildman–Crippen MR) is 75.8 cm³/mol. The van der Waals surface area contributed by atoms with E-state index in [1.165, 1.54) is 10.6 Å². The molecule has 2 aromatic carbocycles. The van der Waals surface area contributed by atoms with Crippen LogP contribution in [0.2, 0.25) is 0 Å². The molecule has 0 amide bonds. The van der Waals surface area contributed by atoms with Crippen LogP contribution in [0.4, 0.5) is 0 Å². The predicted octanol–water partition coefficient (Wildman–Crippen LogP) is 2.51. The van der Waals surface area contributed by atoms with E-state index < -0.39 is 7.55 Å². The minimum Gasteiger partial charge on any atom is -0.291 e. The Morgan fingerprint density at radius 2 is 1.29 bits per heavy atom. The van der Waals surface area contributed by atoms with Crippen LogP contribution in [0.3, 0.4) is 0 Å². The highest BCUT2D eigenvalue weighted by Crippen LogP contribution is 2.20. The molecule has 0 aromatic heterocycles. The lowest BCUT2D eigenvalue weighted by atomic mass is 10.4. The van der Waals surface area contributed by atoms with E-state index in [1.54, 1.807) is 6.92 Å². The van der Waals surface area contributed by atoms with Gasteiger partial charge < -0.3 is 0 Å². The van der Waals surface area contributed by atoms with E-state index in [9.17, 15) is 4.79 Å². The third-order valence-corrected chi connectivity index (χ3v) is 4.71. The highest BCUT2D eigenvalue weighted by atomic mass is 31.1. The van der Waals surface area contributed by atoms with Crippen molar-refractivity contribution in [3.63, 3.8) is 0 Å². The molecule has 2 rings (SSSR count). The number of rotatable bonds is 3. The number of hydrogen-bond donors (Lipinski definition) is 0. The van der Waals surface area contributed by atoms with Gasteiger partial charge in [-0.1, -0.05) is 36.4 Å². The Bertz CT molecular complexity index is 488. The Morgan fingerprint density at radius 3 is 1.65 bits per heavy atom. The summed E-state index contributed by atoms with van der Waals surface area (Å²) >= 11 is 0. The number of carbonyl (C=O) groups excluding carboxylic acids is 1. The van der Waals surface area contributed by atoms with E-state index in [0.29, 0.717) is 0 Å². The maximum atomic E-state index is 11.4. The molecule has 0 heterocycles. The van der Waals surface area contributed by atoms with Gasteiger partial charge in [0.05, 0.1) is 0 Å². The van der Waals surface area contributed by atoms with Gasteiger partial charge >= 0.3 is 0 Å². The molecule has 17 heavy (non-hydrogen) atoms. The summed E-state index contributed by atoms with van der Waals surface area (Å²) in [5.41, 5.74) is 0. The molecule has 0 spiro atoms. The van der Waals surface area contributed by atoms with Crippen molar-refractivity contribution < 1.29 is 4.79 Å². The molecular weight excluding hydrogens is 227 g/mol. The molecule has 0 saturated heterocycles. The molecule has 0 aliphatic carbocycles. The minimum atomic E-state index is -0.665. The van der Waals surface area contributed by atoms with Gasteiger partial charge in [-0.2, -0.15) is 0 Å². The van der Waals surface area contributed by atoms with Gasteiger partial charge in [0.15, 0.2) is 29.7 Å². The Kier molecular flexibility index (Phi) is 3.85. The lowest BCUT2D eigenvalue weighted by Gasteiger charge is -1.95. The van der Waals surface area contributed by atoms with Crippen LogP contribution in [0.1, 0.15) is 6.92 Å². The van der Waals surface area contributed by atoms with Gasteiger partial charge in [0.25, 0.3) is 0 Å². The van der Waals surface area contributed by atoms with Crippen LogP contribution in [-0.4, -0.2) is 11.6 Å². The Morgan fingerprint density at radius 1 is 0.882 bits per heavy atom. The van der Waals surface area contributed by atoms with Crippen LogP contribution >= 0.6 is 7.55 Å². The van der Waals surface area contributed by atoms with Gasteiger partial charge in [-0.25, -0.2) is 0 Å². The standard InChI is InChI=1S/C15H14OP/c1-13(16)12-17(14-8-4-2-5-9-14)15-10-6-3-7-11-15/h2-12H,1H3/q+1. The summed E-state index contributed by atoms with van der Waals surface area (Å²) < 4.78 is 0. The average Bonchev–Trinajstić information content (AvgIpc) is 2.38. The smallest absolute Gasteiger partial charge is 0.194 e. The van der Waals surface area contributed by atoms with Crippen LogP contribution in [0.5, 0.6) is 0 Å². The Labute approximate surface area is 103 Å². The number of Topliss-reactive ketones (excluding diaryl/α,β-unsaturated/α-hetero) is 1. The van der Waals surface area contributed by atoms with E-state index in [4.69, 9.17) is 0 Å². The summed E-state index contributed by atoms with van der Waals surface area (Å²) in [6, 6.07) is 20.4. The highest BCUT2D eigenvalue weighted by Gasteiger charge is 2.17. The minimum absolute atomic E-state index is 0.129. The van der Waals surface area contributed by atoms with Crippen molar-refractivity contribution in [3.8, 4) is 0 Å². The first-order valence-electron chi connectivity index (χ1n) is 5.52. The molecule has 2 aromatic rings. The molecule has 0 saturated carbocycles. The lowest BCUT2D eigenvalue weighted by molar-refractivity contribution is -0.110. The number of benzene rings is 2. The zero-order valence-electron chi connectivity index (χ0n) is 9.71. The first-order valence-corrected chi connectivity index (χ1v) is 6.93. The van der Waals surface area contributed by atoms with Gasteiger partial charge in [0.2, 0.25) is 0 Å². The monoisotopic (exact) mass is 241 g/mol. The molecule has 0 atom stereocenters. The summed E-state index contributed by atoms with van der Waals surface area (Å²) in [5, 5.41) is 2.42. The second-order valence-electron chi connectivity index (χ2n) is 3.78. The van der Waals surface area contributed by atoms with Crippen molar-refractivity contribution in [1.82, 2.24) is 0 Å². The molecule has 0 aliphatic rings. The highest BCUT2D eigenvalue weighted by molar-refractivity contribution is 7.73. The largest absolute Gasteiger partial charge is 0.291 e. The van der Waals surface area contributed by atoms with Crippen molar-refractivity contribution in [1.29, 1.82) is 0 Å².